The Labute approximate surface area is 98.0 Å². The van der Waals surface area contributed by atoms with Crippen molar-refractivity contribution in [3.8, 4) is 12.3 Å². The van der Waals surface area contributed by atoms with Gasteiger partial charge >= 0.3 is 6.18 Å². The van der Waals surface area contributed by atoms with E-state index >= 15 is 0 Å². The summed E-state index contributed by atoms with van der Waals surface area (Å²) in [5, 5.41) is 0. The first-order chi connectivity index (χ1) is 7.99. The van der Waals surface area contributed by atoms with Gasteiger partial charge in [-0.25, -0.2) is 0 Å². The van der Waals surface area contributed by atoms with E-state index in [1.54, 1.807) is 0 Å². The Morgan fingerprint density at radius 2 is 1.88 bits per heavy atom. The van der Waals surface area contributed by atoms with E-state index in [2.05, 4.69) is 11.3 Å². The van der Waals surface area contributed by atoms with Crippen molar-refractivity contribution in [1.82, 2.24) is 5.43 Å². The SMILES string of the molecule is C#CCCC(NN)c1ccc(C(F)(F)F)cc1. The minimum atomic E-state index is -4.32. The lowest BCUT2D eigenvalue weighted by Crippen LogP contribution is -2.27. The van der Waals surface area contributed by atoms with E-state index in [9.17, 15) is 13.2 Å². The summed E-state index contributed by atoms with van der Waals surface area (Å²) >= 11 is 0. The van der Waals surface area contributed by atoms with Crippen molar-refractivity contribution in [1.29, 1.82) is 0 Å². The number of terminal acetylenes is 1. The topological polar surface area (TPSA) is 38.0 Å². The number of nitrogens with one attached hydrogen (secondary N) is 1. The van der Waals surface area contributed by atoms with Gasteiger partial charge in [0.15, 0.2) is 0 Å². The average Bonchev–Trinajstić information content (AvgIpc) is 2.29. The maximum atomic E-state index is 12.3. The zero-order valence-electron chi connectivity index (χ0n) is 9.09. The molecule has 1 atom stereocenters. The lowest BCUT2D eigenvalue weighted by atomic mass is 10.0. The van der Waals surface area contributed by atoms with Crippen LogP contribution in [-0.2, 0) is 6.18 Å². The van der Waals surface area contributed by atoms with Crippen LogP contribution in [0.25, 0.3) is 0 Å². The Bertz CT molecular complexity index is 390. The average molecular weight is 242 g/mol. The number of hydrogen-bond donors (Lipinski definition) is 2. The Kier molecular flexibility index (Phi) is 4.55. The van der Waals surface area contributed by atoms with Gasteiger partial charge in [-0.1, -0.05) is 12.1 Å². The van der Waals surface area contributed by atoms with Crippen molar-refractivity contribution in [2.75, 3.05) is 0 Å². The molecule has 5 heteroatoms. The molecule has 17 heavy (non-hydrogen) atoms. The van der Waals surface area contributed by atoms with Crippen LogP contribution in [0.2, 0.25) is 0 Å². The van der Waals surface area contributed by atoms with Gasteiger partial charge in [-0.15, -0.1) is 12.3 Å². The molecule has 0 aromatic heterocycles. The second-order valence-corrected chi connectivity index (χ2v) is 3.58. The molecule has 0 aliphatic carbocycles. The Balaban J connectivity index is 2.82. The maximum Gasteiger partial charge on any atom is 0.416 e. The third-order valence-electron chi connectivity index (χ3n) is 2.42. The third kappa shape index (κ3) is 3.77. The molecule has 1 unspecified atom stereocenters. The molecule has 1 rings (SSSR count). The van der Waals surface area contributed by atoms with Crippen molar-refractivity contribution in [2.45, 2.75) is 25.1 Å². The predicted octanol–water partition coefficient (Wildman–Crippen LogP) is 2.62. The summed E-state index contributed by atoms with van der Waals surface area (Å²) in [6.07, 6.45) is 1.90. The van der Waals surface area contributed by atoms with Crippen LogP contribution in [0.4, 0.5) is 13.2 Å². The molecule has 0 fully saturated rings. The van der Waals surface area contributed by atoms with Crippen molar-refractivity contribution in [3.05, 3.63) is 35.4 Å². The van der Waals surface area contributed by atoms with E-state index in [-0.39, 0.29) is 6.04 Å². The number of halogens is 3. The molecule has 3 N–H and O–H groups in total. The van der Waals surface area contributed by atoms with Crippen molar-refractivity contribution in [2.24, 2.45) is 5.84 Å². The zero-order chi connectivity index (χ0) is 12.9. The molecule has 0 radical (unpaired) electrons. The van der Waals surface area contributed by atoms with Crippen LogP contribution in [0.5, 0.6) is 0 Å². The minimum absolute atomic E-state index is 0.228. The van der Waals surface area contributed by atoms with E-state index < -0.39 is 11.7 Å². The highest BCUT2D eigenvalue weighted by Gasteiger charge is 2.30. The minimum Gasteiger partial charge on any atom is -0.271 e. The smallest absolute Gasteiger partial charge is 0.271 e. The summed E-state index contributed by atoms with van der Waals surface area (Å²) in [6.45, 7) is 0. The van der Waals surface area contributed by atoms with E-state index in [1.165, 1.54) is 12.1 Å². The van der Waals surface area contributed by atoms with Crippen LogP contribution in [0.3, 0.4) is 0 Å². The molecule has 0 saturated carbocycles. The van der Waals surface area contributed by atoms with E-state index in [0.717, 1.165) is 12.1 Å². The normalized spacial score (nSPS) is 13.1. The zero-order valence-corrected chi connectivity index (χ0v) is 9.09. The molecule has 2 nitrogen and oxygen atoms in total. The Morgan fingerprint density at radius 3 is 2.29 bits per heavy atom. The summed E-state index contributed by atoms with van der Waals surface area (Å²) in [6, 6.07) is 4.66. The van der Waals surface area contributed by atoms with Crippen molar-refractivity contribution >= 4 is 0 Å². The van der Waals surface area contributed by atoms with E-state index in [1.807, 2.05) is 0 Å². The van der Waals surface area contributed by atoms with Crippen LogP contribution in [-0.4, -0.2) is 0 Å². The number of hydrogen-bond acceptors (Lipinski definition) is 2. The highest BCUT2D eigenvalue weighted by molar-refractivity contribution is 5.26. The van der Waals surface area contributed by atoms with Gasteiger partial charge in [-0.05, 0) is 24.1 Å². The molecule has 0 aliphatic heterocycles. The molecule has 0 spiro atoms. The van der Waals surface area contributed by atoms with Gasteiger partial charge in [-0.3, -0.25) is 11.3 Å². The van der Waals surface area contributed by atoms with Crippen LogP contribution >= 0.6 is 0 Å². The second-order valence-electron chi connectivity index (χ2n) is 3.58. The van der Waals surface area contributed by atoms with E-state index in [0.29, 0.717) is 18.4 Å². The number of hydrazine groups is 1. The molecule has 1 aromatic rings. The summed E-state index contributed by atoms with van der Waals surface area (Å²) in [4.78, 5) is 0. The van der Waals surface area contributed by atoms with Crippen LogP contribution in [0.15, 0.2) is 24.3 Å². The van der Waals surface area contributed by atoms with Crippen molar-refractivity contribution < 1.29 is 13.2 Å². The van der Waals surface area contributed by atoms with E-state index in [4.69, 9.17) is 12.3 Å². The number of alkyl halides is 3. The van der Waals surface area contributed by atoms with Gasteiger partial charge in [0.2, 0.25) is 0 Å². The van der Waals surface area contributed by atoms with Gasteiger partial charge in [-0.2, -0.15) is 13.2 Å². The molecular weight excluding hydrogens is 229 g/mol. The molecule has 92 valence electrons. The van der Waals surface area contributed by atoms with Gasteiger partial charge in [0, 0.05) is 12.5 Å². The Morgan fingerprint density at radius 1 is 1.29 bits per heavy atom. The van der Waals surface area contributed by atoms with Gasteiger partial charge in [0.25, 0.3) is 0 Å². The lowest BCUT2D eigenvalue weighted by molar-refractivity contribution is -0.137. The summed E-state index contributed by atoms with van der Waals surface area (Å²) in [7, 11) is 0. The van der Waals surface area contributed by atoms with Crippen LogP contribution < -0.4 is 11.3 Å². The highest BCUT2D eigenvalue weighted by atomic mass is 19.4. The molecule has 0 aliphatic rings. The van der Waals surface area contributed by atoms with Gasteiger partial charge in [0.05, 0.1) is 5.56 Å². The fourth-order valence-electron chi connectivity index (χ4n) is 1.48. The molecule has 0 bridgehead atoms. The van der Waals surface area contributed by atoms with Gasteiger partial charge in [0.1, 0.15) is 0 Å². The monoisotopic (exact) mass is 242 g/mol. The Hall–Kier alpha value is -1.51. The summed E-state index contributed by atoms with van der Waals surface area (Å²) in [5.74, 6) is 7.79. The quantitative estimate of drug-likeness (QED) is 0.484. The third-order valence-corrected chi connectivity index (χ3v) is 2.42. The van der Waals surface area contributed by atoms with Crippen LogP contribution in [0, 0.1) is 12.3 Å². The highest BCUT2D eigenvalue weighted by Crippen LogP contribution is 2.30. The predicted molar refractivity (Wildman–Crippen MR) is 59.6 cm³/mol. The molecule has 0 heterocycles. The van der Waals surface area contributed by atoms with Crippen LogP contribution in [0.1, 0.15) is 30.0 Å². The molecule has 0 saturated heterocycles. The first kappa shape index (κ1) is 13.6. The molecule has 1 aromatic carbocycles. The number of rotatable bonds is 4. The maximum absolute atomic E-state index is 12.3. The standard InChI is InChI=1S/C12H13F3N2/c1-2-3-4-11(17-16)9-5-7-10(8-6-9)12(13,14)15/h1,5-8,11,17H,3-4,16H2. The number of nitrogens with two attached hydrogens (primary N) is 1. The fraction of sp³-hybridized carbons (Fsp3) is 0.333. The second kappa shape index (κ2) is 5.71. The number of benzene rings is 1. The van der Waals surface area contributed by atoms with Gasteiger partial charge < -0.3 is 0 Å². The molecule has 0 amide bonds. The fourth-order valence-corrected chi connectivity index (χ4v) is 1.48. The summed E-state index contributed by atoms with van der Waals surface area (Å²) < 4.78 is 37.0. The summed E-state index contributed by atoms with van der Waals surface area (Å²) in [5.41, 5.74) is 2.55. The largest absolute Gasteiger partial charge is 0.416 e. The lowest BCUT2D eigenvalue weighted by Gasteiger charge is -2.16. The molecular formula is C12H13F3N2. The van der Waals surface area contributed by atoms with Crippen molar-refractivity contribution in [3.63, 3.8) is 0 Å². The first-order valence-electron chi connectivity index (χ1n) is 5.05. The first-order valence-corrected chi connectivity index (χ1v) is 5.05.